The molecule has 148 valence electrons. The first kappa shape index (κ1) is 20.2. The molecule has 0 aliphatic rings. The molecule has 6 heteroatoms. The summed E-state index contributed by atoms with van der Waals surface area (Å²) in [6.45, 7) is 2.95. The Morgan fingerprint density at radius 2 is 1.52 bits per heavy atom. The van der Waals surface area contributed by atoms with Gasteiger partial charge in [0.15, 0.2) is 11.6 Å². The molecular weight excluding hydrogens is 374 g/mol. The quantitative estimate of drug-likeness (QED) is 0.648. The average Bonchev–Trinajstić information content (AvgIpc) is 2.75. The Labute approximate surface area is 167 Å². The molecule has 0 aliphatic carbocycles. The van der Waals surface area contributed by atoms with Crippen LogP contribution in [0.3, 0.4) is 0 Å². The number of nitrogens with one attached hydrogen (secondary N) is 1. The number of rotatable bonds is 6. The largest absolute Gasteiger partial charge is 0.335 e. The van der Waals surface area contributed by atoms with E-state index in [-0.39, 0.29) is 11.6 Å². The topological polar surface area (TPSA) is 49.4 Å². The van der Waals surface area contributed by atoms with E-state index in [9.17, 15) is 18.4 Å². The summed E-state index contributed by atoms with van der Waals surface area (Å²) in [7, 11) is 0. The minimum Gasteiger partial charge on any atom is -0.335 e. The molecule has 0 bridgehead atoms. The average molecular weight is 394 g/mol. The van der Waals surface area contributed by atoms with E-state index in [0.717, 1.165) is 17.7 Å². The van der Waals surface area contributed by atoms with Crippen LogP contribution in [0.25, 0.3) is 0 Å². The molecule has 0 radical (unpaired) electrons. The summed E-state index contributed by atoms with van der Waals surface area (Å²) in [4.78, 5) is 26.8. The van der Waals surface area contributed by atoms with Crippen LogP contribution in [0.2, 0.25) is 0 Å². The fourth-order valence-corrected chi connectivity index (χ4v) is 2.85. The Balaban J connectivity index is 1.68. The molecule has 0 unspecified atom stereocenters. The fraction of sp³-hybridized carbons (Fsp3) is 0.130. The van der Waals surface area contributed by atoms with Crippen molar-refractivity contribution in [2.75, 3.05) is 11.9 Å². The number of hydrogen-bond donors (Lipinski definition) is 1. The molecule has 0 saturated heterocycles. The first-order valence-corrected chi connectivity index (χ1v) is 9.17. The Bertz CT molecular complexity index is 1010. The van der Waals surface area contributed by atoms with E-state index in [0.29, 0.717) is 24.2 Å². The lowest BCUT2D eigenvalue weighted by molar-refractivity contribution is 0.0752. The SMILES string of the molecule is CCN(Cc1ccccc1)C(=O)c1ccc(C(=O)Nc2ccc(F)c(F)c2)cc1. The molecule has 3 aromatic rings. The minimum atomic E-state index is -1.04. The number of anilines is 1. The lowest BCUT2D eigenvalue weighted by Gasteiger charge is -2.21. The zero-order chi connectivity index (χ0) is 20.8. The number of carbonyl (C=O) groups is 2. The van der Waals surface area contributed by atoms with Gasteiger partial charge in [-0.2, -0.15) is 0 Å². The standard InChI is InChI=1S/C23H20F2N2O2/c1-2-27(15-16-6-4-3-5-7-16)23(29)18-10-8-17(9-11-18)22(28)26-19-12-13-20(24)21(25)14-19/h3-14H,2,15H2,1H3,(H,26,28). The smallest absolute Gasteiger partial charge is 0.255 e. The lowest BCUT2D eigenvalue weighted by atomic mass is 10.1. The first-order chi connectivity index (χ1) is 14.0. The van der Waals surface area contributed by atoms with Gasteiger partial charge in [-0.3, -0.25) is 9.59 Å². The molecule has 3 aromatic carbocycles. The lowest BCUT2D eigenvalue weighted by Crippen LogP contribution is -2.30. The van der Waals surface area contributed by atoms with Crippen LogP contribution in [0.4, 0.5) is 14.5 Å². The summed E-state index contributed by atoms with van der Waals surface area (Å²) in [6.07, 6.45) is 0. The van der Waals surface area contributed by atoms with Gasteiger partial charge in [-0.05, 0) is 48.9 Å². The molecule has 0 saturated carbocycles. The Morgan fingerprint density at radius 1 is 0.862 bits per heavy atom. The molecule has 0 atom stereocenters. The maximum Gasteiger partial charge on any atom is 0.255 e. The third-order valence-corrected chi connectivity index (χ3v) is 4.46. The number of halogens is 2. The van der Waals surface area contributed by atoms with Gasteiger partial charge in [0.25, 0.3) is 11.8 Å². The van der Waals surface area contributed by atoms with Gasteiger partial charge in [0.05, 0.1) is 0 Å². The highest BCUT2D eigenvalue weighted by Crippen LogP contribution is 2.16. The van der Waals surface area contributed by atoms with Crippen molar-refractivity contribution in [2.24, 2.45) is 0 Å². The second-order valence-electron chi connectivity index (χ2n) is 6.47. The van der Waals surface area contributed by atoms with Crippen LogP contribution in [-0.4, -0.2) is 23.3 Å². The summed E-state index contributed by atoms with van der Waals surface area (Å²) in [6, 6.07) is 19.0. The van der Waals surface area contributed by atoms with Gasteiger partial charge in [0.2, 0.25) is 0 Å². The number of amides is 2. The molecule has 0 heterocycles. The molecule has 2 amide bonds. The van der Waals surface area contributed by atoms with Crippen molar-refractivity contribution >= 4 is 17.5 Å². The normalized spacial score (nSPS) is 10.4. The number of nitrogens with zero attached hydrogens (tertiary/aromatic N) is 1. The minimum absolute atomic E-state index is 0.135. The molecule has 4 nitrogen and oxygen atoms in total. The van der Waals surface area contributed by atoms with Gasteiger partial charge in [0.1, 0.15) is 0 Å². The Morgan fingerprint density at radius 3 is 2.14 bits per heavy atom. The van der Waals surface area contributed by atoms with Crippen LogP contribution in [0.1, 0.15) is 33.2 Å². The third kappa shape index (κ3) is 5.04. The monoisotopic (exact) mass is 394 g/mol. The van der Waals surface area contributed by atoms with E-state index in [1.54, 1.807) is 17.0 Å². The summed E-state index contributed by atoms with van der Waals surface area (Å²) < 4.78 is 26.3. The Kier molecular flexibility index (Phi) is 6.34. The molecule has 29 heavy (non-hydrogen) atoms. The summed E-state index contributed by atoms with van der Waals surface area (Å²) >= 11 is 0. The zero-order valence-electron chi connectivity index (χ0n) is 15.9. The van der Waals surface area contributed by atoms with Gasteiger partial charge in [-0.25, -0.2) is 8.78 Å². The first-order valence-electron chi connectivity index (χ1n) is 9.17. The van der Waals surface area contributed by atoms with E-state index >= 15 is 0 Å². The van der Waals surface area contributed by atoms with Crippen molar-refractivity contribution in [1.82, 2.24) is 4.90 Å². The summed E-state index contributed by atoms with van der Waals surface area (Å²) in [5.41, 5.74) is 1.95. The second kappa shape index (κ2) is 9.10. The van der Waals surface area contributed by atoms with Crippen LogP contribution < -0.4 is 5.32 Å². The van der Waals surface area contributed by atoms with Gasteiger partial charge < -0.3 is 10.2 Å². The maximum atomic E-state index is 13.3. The van der Waals surface area contributed by atoms with Gasteiger partial charge >= 0.3 is 0 Å². The van der Waals surface area contributed by atoms with Crippen molar-refractivity contribution in [2.45, 2.75) is 13.5 Å². The molecule has 0 fully saturated rings. The Hall–Kier alpha value is -3.54. The predicted molar refractivity (Wildman–Crippen MR) is 108 cm³/mol. The molecule has 1 N–H and O–H groups in total. The van der Waals surface area contributed by atoms with E-state index in [1.165, 1.54) is 18.2 Å². The zero-order valence-corrected chi connectivity index (χ0v) is 15.9. The molecule has 0 aliphatic heterocycles. The summed E-state index contributed by atoms with van der Waals surface area (Å²) in [5.74, 6) is -2.64. The number of hydrogen-bond acceptors (Lipinski definition) is 2. The molecule has 3 rings (SSSR count). The van der Waals surface area contributed by atoms with Crippen LogP contribution in [-0.2, 0) is 6.54 Å². The fourth-order valence-electron chi connectivity index (χ4n) is 2.85. The van der Waals surface area contributed by atoms with Crippen molar-refractivity contribution in [3.63, 3.8) is 0 Å². The molecular formula is C23H20F2N2O2. The number of benzene rings is 3. The van der Waals surface area contributed by atoms with E-state index in [1.807, 2.05) is 37.3 Å². The van der Waals surface area contributed by atoms with Gasteiger partial charge in [0, 0.05) is 36.0 Å². The van der Waals surface area contributed by atoms with E-state index in [2.05, 4.69) is 5.32 Å². The predicted octanol–water partition coefficient (Wildman–Crippen LogP) is 4.88. The van der Waals surface area contributed by atoms with Crippen LogP contribution in [0.15, 0.2) is 72.8 Å². The highest BCUT2D eigenvalue weighted by Gasteiger charge is 2.16. The van der Waals surface area contributed by atoms with Crippen molar-refractivity contribution in [3.05, 3.63) is 101 Å². The van der Waals surface area contributed by atoms with Gasteiger partial charge in [-0.15, -0.1) is 0 Å². The van der Waals surface area contributed by atoms with Crippen LogP contribution in [0.5, 0.6) is 0 Å². The number of carbonyl (C=O) groups excluding carboxylic acids is 2. The van der Waals surface area contributed by atoms with Gasteiger partial charge in [-0.1, -0.05) is 30.3 Å². The second-order valence-corrected chi connectivity index (χ2v) is 6.47. The molecule has 0 aromatic heterocycles. The van der Waals surface area contributed by atoms with E-state index < -0.39 is 17.5 Å². The van der Waals surface area contributed by atoms with Crippen molar-refractivity contribution in [1.29, 1.82) is 0 Å². The van der Waals surface area contributed by atoms with Crippen molar-refractivity contribution < 1.29 is 18.4 Å². The van der Waals surface area contributed by atoms with Crippen LogP contribution >= 0.6 is 0 Å². The molecule has 0 spiro atoms. The third-order valence-electron chi connectivity index (χ3n) is 4.46. The van der Waals surface area contributed by atoms with Crippen molar-refractivity contribution in [3.8, 4) is 0 Å². The highest BCUT2D eigenvalue weighted by molar-refractivity contribution is 6.05. The van der Waals surface area contributed by atoms with E-state index in [4.69, 9.17) is 0 Å². The van der Waals surface area contributed by atoms with Crippen LogP contribution in [0, 0.1) is 11.6 Å². The highest BCUT2D eigenvalue weighted by atomic mass is 19.2. The summed E-state index contributed by atoms with van der Waals surface area (Å²) in [5, 5.41) is 2.50. The maximum absolute atomic E-state index is 13.3.